The maximum Gasteiger partial charge on any atom is 0.250 e. The maximum atomic E-state index is 9.15. The van der Waals surface area contributed by atoms with Crippen molar-refractivity contribution in [2.24, 2.45) is 0 Å². The second-order valence-electron chi connectivity index (χ2n) is 10.6. The first-order valence-electron chi connectivity index (χ1n) is 13.8. The summed E-state index contributed by atoms with van der Waals surface area (Å²) in [7, 11) is 0. The Balaban J connectivity index is 1.41. The van der Waals surface area contributed by atoms with Gasteiger partial charge >= 0.3 is 0 Å². The lowest BCUT2D eigenvalue weighted by Gasteiger charge is -2.16. The molecular weight excluding hydrogens is 520 g/mol. The predicted octanol–water partition coefficient (Wildman–Crippen LogP) is 8.18. The SMILES string of the molecule is Cc1ccc(Cn2cnc3nc(Nc4ccc(C#N)cc4)nc(Oc4c(C)cc(-c5ccc(C)cc5)cc4C)c32)cc1. The van der Waals surface area contributed by atoms with Crippen molar-refractivity contribution in [1.29, 1.82) is 5.26 Å². The fourth-order valence-electron chi connectivity index (χ4n) is 4.96. The highest BCUT2D eigenvalue weighted by molar-refractivity contribution is 5.79. The Morgan fingerprint density at radius 3 is 2.07 bits per heavy atom. The van der Waals surface area contributed by atoms with Gasteiger partial charge in [-0.05, 0) is 91.9 Å². The molecule has 0 saturated carbocycles. The van der Waals surface area contributed by atoms with E-state index in [4.69, 9.17) is 20.0 Å². The van der Waals surface area contributed by atoms with Crippen molar-refractivity contribution in [3.8, 4) is 28.8 Å². The van der Waals surface area contributed by atoms with Crippen LogP contribution in [0.1, 0.15) is 33.4 Å². The third-order valence-corrected chi connectivity index (χ3v) is 7.23. The number of anilines is 2. The van der Waals surface area contributed by atoms with Crippen LogP contribution in [-0.4, -0.2) is 19.5 Å². The molecule has 42 heavy (non-hydrogen) atoms. The van der Waals surface area contributed by atoms with E-state index < -0.39 is 0 Å². The Kier molecular flexibility index (Phi) is 7.12. The van der Waals surface area contributed by atoms with E-state index in [2.05, 4.69) is 105 Å². The van der Waals surface area contributed by atoms with E-state index in [0.717, 1.165) is 39.3 Å². The molecule has 6 rings (SSSR count). The molecule has 0 saturated heterocycles. The average molecular weight is 551 g/mol. The number of benzene rings is 4. The number of nitriles is 1. The van der Waals surface area contributed by atoms with Crippen LogP contribution in [0.5, 0.6) is 11.6 Å². The Hall–Kier alpha value is -5.48. The van der Waals surface area contributed by atoms with Crippen LogP contribution in [0.4, 0.5) is 11.6 Å². The van der Waals surface area contributed by atoms with Crippen molar-refractivity contribution in [3.63, 3.8) is 0 Å². The molecule has 7 nitrogen and oxygen atoms in total. The molecule has 206 valence electrons. The number of ether oxygens (including phenoxy) is 1. The molecule has 0 atom stereocenters. The second kappa shape index (κ2) is 11.2. The number of nitrogens with zero attached hydrogens (tertiary/aromatic N) is 5. The molecule has 2 aromatic heterocycles. The Morgan fingerprint density at radius 2 is 1.43 bits per heavy atom. The van der Waals surface area contributed by atoms with Gasteiger partial charge in [0.05, 0.1) is 18.0 Å². The largest absolute Gasteiger partial charge is 0.436 e. The summed E-state index contributed by atoms with van der Waals surface area (Å²) in [6, 6.07) is 30.5. The van der Waals surface area contributed by atoms with E-state index in [1.54, 1.807) is 18.5 Å². The van der Waals surface area contributed by atoms with Gasteiger partial charge in [-0.25, -0.2) is 4.98 Å². The summed E-state index contributed by atoms with van der Waals surface area (Å²) in [6.07, 6.45) is 1.78. The fourth-order valence-corrected chi connectivity index (χ4v) is 4.96. The number of fused-ring (bicyclic) bond motifs is 1. The van der Waals surface area contributed by atoms with Crippen LogP contribution in [0.25, 0.3) is 22.3 Å². The van der Waals surface area contributed by atoms with Crippen LogP contribution in [0.15, 0.2) is 91.3 Å². The molecule has 0 spiro atoms. The lowest BCUT2D eigenvalue weighted by Crippen LogP contribution is -2.05. The van der Waals surface area contributed by atoms with Crippen molar-refractivity contribution in [3.05, 3.63) is 125 Å². The minimum Gasteiger partial charge on any atom is -0.436 e. The van der Waals surface area contributed by atoms with E-state index in [9.17, 15) is 0 Å². The molecule has 0 fully saturated rings. The van der Waals surface area contributed by atoms with Crippen molar-refractivity contribution < 1.29 is 4.74 Å². The van der Waals surface area contributed by atoms with Gasteiger partial charge in [0.15, 0.2) is 11.2 Å². The first kappa shape index (κ1) is 26.7. The van der Waals surface area contributed by atoms with Crippen LogP contribution in [0.3, 0.4) is 0 Å². The van der Waals surface area contributed by atoms with Gasteiger partial charge in [0.25, 0.3) is 5.88 Å². The smallest absolute Gasteiger partial charge is 0.250 e. The molecule has 0 aliphatic heterocycles. The molecule has 2 heterocycles. The van der Waals surface area contributed by atoms with Gasteiger partial charge < -0.3 is 14.6 Å². The molecule has 6 aromatic rings. The number of hydrogen-bond donors (Lipinski definition) is 1. The van der Waals surface area contributed by atoms with Gasteiger partial charge in [0, 0.05) is 12.2 Å². The van der Waals surface area contributed by atoms with Crippen LogP contribution in [0, 0.1) is 39.0 Å². The molecular formula is C35H30N6O. The average Bonchev–Trinajstić information content (AvgIpc) is 3.39. The molecule has 4 aromatic carbocycles. The third kappa shape index (κ3) is 5.56. The summed E-state index contributed by atoms with van der Waals surface area (Å²) in [5.41, 5.74) is 10.5. The summed E-state index contributed by atoms with van der Waals surface area (Å²) in [5.74, 6) is 1.52. The van der Waals surface area contributed by atoms with E-state index in [1.807, 2.05) is 16.7 Å². The van der Waals surface area contributed by atoms with E-state index in [1.165, 1.54) is 11.1 Å². The summed E-state index contributed by atoms with van der Waals surface area (Å²) in [6.45, 7) is 8.88. The topological polar surface area (TPSA) is 88.7 Å². The summed E-state index contributed by atoms with van der Waals surface area (Å²) in [4.78, 5) is 14.1. The number of nitrogens with one attached hydrogen (secondary N) is 1. The first-order valence-corrected chi connectivity index (χ1v) is 13.8. The van der Waals surface area contributed by atoms with Crippen LogP contribution in [-0.2, 0) is 6.54 Å². The van der Waals surface area contributed by atoms with Crippen molar-refractivity contribution in [1.82, 2.24) is 19.5 Å². The minimum atomic E-state index is 0.356. The number of aryl methyl sites for hydroxylation is 4. The van der Waals surface area contributed by atoms with Gasteiger partial charge in [-0.3, -0.25) is 0 Å². The summed E-state index contributed by atoms with van der Waals surface area (Å²) >= 11 is 0. The van der Waals surface area contributed by atoms with E-state index >= 15 is 0 Å². The van der Waals surface area contributed by atoms with E-state index in [-0.39, 0.29) is 0 Å². The molecule has 0 bridgehead atoms. The molecule has 0 radical (unpaired) electrons. The highest BCUT2D eigenvalue weighted by atomic mass is 16.5. The highest BCUT2D eigenvalue weighted by Crippen LogP contribution is 2.36. The zero-order valence-corrected chi connectivity index (χ0v) is 24.0. The molecule has 1 N–H and O–H groups in total. The monoisotopic (exact) mass is 550 g/mol. The molecule has 0 aliphatic rings. The van der Waals surface area contributed by atoms with Crippen LogP contribution < -0.4 is 10.1 Å². The second-order valence-corrected chi connectivity index (χ2v) is 10.6. The highest BCUT2D eigenvalue weighted by Gasteiger charge is 2.19. The number of hydrogen-bond acceptors (Lipinski definition) is 6. The van der Waals surface area contributed by atoms with E-state index in [0.29, 0.717) is 35.1 Å². The van der Waals surface area contributed by atoms with Crippen LogP contribution >= 0.6 is 0 Å². The van der Waals surface area contributed by atoms with Gasteiger partial charge in [-0.2, -0.15) is 15.2 Å². The van der Waals surface area contributed by atoms with Gasteiger partial charge in [0.2, 0.25) is 5.95 Å². The number of imidazole rings is 1. The third-order valence-electron chi connectivity index (χ3n) is 7.23. The summed E-state index contributed by atoms with van der Waals surface area (Å²) < 4.78 is 8.66. The molecule has 0 amide bonds. The maximum absolute atomic E-state index is 9.15. The zero-order valence-electron chi connectivity index (χ0n) is 24.0. The quantitative estimate of drug-likeness (QED) is 0.216. The van der Waals surface area contributed by atoms with Crippen molar-refractivity contribution in [2.45, 2.75) is 34.2 Å². The van der Waals surface area contributed by atoms with Gasteiger partial charge in [-0.1, -0.05) is 59.7 Å². The van der Waals surface area contributed by atoms with Gasteiger partial charge in [-0.15, -0.1) is 0 Å². The lowest BCUT2D eigenvalue weighted by atomic mass is 9.99. The Bertz CT molecular complexity index is 1910. The molecule has 0 unspecified atom stereocenters. The lowest BCUT2D eigenvalue weighted by molar-refractivity contribution is 0.459. The minimum absolute atomic E-state index is 0.356. The predicted molar refractivity (Wildman–Crippen MR) is 166 cm³/mol. The van der Waals surface area contributed by atoms with Crippen molar-refractivity contribution >= 4 is 22.8 Å². The van der Waals surface area contributed by atoms with Crippen molar-refractivity contribution in [2.75, 3.05) is 5.32 Å². The summed E-state index contributed by atoms with van der Waals surface area (Å²) in [5, 5.41) is 12.4. The normalized spacial score (nSPS) is 10.9. The molecule has 7 heteroatoms. The van der Waals surface area contributed by atoms with Gasteiger partial charge in [0.1, 0.15) is 5.75 Å². The number of rotatable bonds is 7. The molecule has 0 aliphatic carbocycles. The van der Waals surface area contributed by atoms with Crippen LogP contribution in [0.2, 0.25) is 0 Å². The first-order chi connectivity index (χ1) is 20.4. The Labute approximate surface area is 245 Å². The Morgan fingerprint density at radius 1 is 0.786 bits per heavy atom. The number of aromatic nitrogens is 4. The zero-order chi connectivity index (χ0) is 29.2. The fraction of sp³-hybridized carbons (Fsp3) is 0.143. The standard InChI is InChI=1S/C35H30N6O/c1-22-5-9-27(10-6-22)20-41-21-37-33-31(41)34(40-35(39-33)38-30-15-11-26(19-36)12-16-30)42-32-24(3)17-29(18-25(32)4)28-13-7-23(2)8-14-28/h5-18,21H,20H2,1-4H3,(H,38,39,40).